The molecule has 0 aliphatic rings. The van der Waals surface area contributed by atoms with Crippen LogP contribution in [-0.2, 0) is 0 Å². The third-order valence-electron chi connectivity index (χ3n) is 1.72. The van der Waals surface area contributed by atoms with Crippen LogP contribution in [0.1, 0.15) is 45.1 Å². The Balaban J connectivity index is 3.42. The molecule has 0 aliphatic heterocycles. The number of carbonyl (C=O) groups excluding carboxylic acids is 2. The Bertz CT molecular complexity index is 381. The van der Waals surface area contributed by atoms with E-state index >= 15 is 0 Å². The van der Waals surface area contributed by atoms with E-state index in [1.807, 2.05) is 0 Å². The van der Waals surface area contributed by atoms with Crippen LogP contribution in [0.25, 0.3) is 0 Å². The smallest absolute Gasteiger partial charge is 0.372 e. The van der Waals surface area contributed by atoms with Gasteiger partial charge in [0.15, 0.2) is 11.6 Å². The molecule has 1 N–H and O–H groups in total. The first-order valence-electron chi connectivity index (χ1n) is 3.81. The van der Waals surface area contributed by atoms with Gasteiger partial charge in [0, 0.05) is 0 Å². The van der Waals surface area contributed by atoms with Crippen molar-refractivity contribution in [3.05, 3.63) is 23.2 Å². The van der Waals surface area contributed by atoms with E-state index in [4.69, 9.17) is 5.11 Å². The van der Waals surface area contributed by atoms with E-state index in [0.29, 0.717) is 0 Å². The van der Waals surface area contributed by atoms with Gasteiger partial charge in [-0.1, -0.05) is 0 Å². The number of ketones is 2. The van der Waals surface area contributed by atoms with E-state index in [9.17, 15) is 14.4 Å². The van der Waals surface area contributed by atoms with Crippen molar-refractivity contribution in [2.75, 3.05) is 0 Å². The van der Waals surface area contributed by atoms with E-state index in [2.05, 4.69) is 4.42 Å². The summed E-state index contributed by atoms with van der Waals surface area (Å²) in [5.41, 5.74) is -0.153. The number of rotatable bonds is 3. The van der Waals surface area contributed by atoms with E-state index in [1.165, 1.54) is 13.8 Å². The van der Waals surface area contributed by atoms with Gasteiger partial charge < -0.3 is 9.52 Å². The molecular weight excluding hydrogens is 188 g/mol. The molecule has 0 fully saturated rings. The van der Waals surface area contributed by atoms with Gasteiger partial charge in [0.25, 0.3) is 0 Å². The number of hydrogen-bond donors (Lipinski definition) is 1. The Morgan fingerprint density at radius 1 is 1.21 bits per heavy atom. The van der Waals surface area contributed by atoms with Gasteiger partial charge in [-0.25, -0.2) is 4.79 Å². The molecule has 0 spiro atoms. The van der Waals surface area contributed by atoms with Crippen molar-refractivity contribution in [3.8, 4) is 0 Å². The number of carbonyl (C=O) groups is 3. The summed E-state index contributed by atoms with van der Waals surface area (Å²) < 4.78 is 4.64. The maximum absolute atomic E-state index is 11.1. The SMILES string of the molecule is CC(=O)c1coc(C(=O)O)c1C(C)=O. The van der Waals surface area contributed by atoms with Gasteiger partial charge in [-0.05, 0) is 13.8 Å². The normalized spacial score (nSPS) is 9.86. The molecule has 0 bridgehead atoms. The van der Waals surface area contributed by atoms with Crippen molar-refractivity contribution in [3.63, 3.8) is 0 Å². The lowest BCUT2D eigenvalue weighted by Gasteiger charge is -1.94. The van der Waals surface area contributed by atoms with Crippen LogP contribution in [0.2, 0.25) is 0 Å². The zero-order valence-electron chi connectivity index (χ0n) is 7.66. The first kappa shape index (κ1) is 10.2. The van der Waals surface area contributed by atoms with E-state index in [1.54, 1.807) is 0 Å². The van der Waals surface area contributed by atoms with Crippen LogP contribution >= 0.6 is 0 Å². The van der Waals surface area contributed by atoms with Crippen molar-refractivity contribution < 1.29 is 23.9 Å². The monoisotopic (exact) mass is 196 g/mol. The second kappa shape index (κ2) is 3.45. The van der Waals surface area contributed by atoms with E-state index < -0.39 is 23.3 Å². The summed E-state index contributed by atoms with van der Waals surface area (Å²) in [6.45, 7) is 2.42. The fraction of sp³-hybridized carbons (Fsp3) is 0.222. The summed E-state index contributed by atoms with van der Waals surface area (Å²) in [7, 11) is 0. The molecule has 1 aromatic rings. The van der Waals surface area contributed by atoms with Gasteiger partial charge in [-0.2, -0.15) is 0 Å². The number of hydrogen-bond acceptors (Lipinski definition) is 4. The number of carboxylic acid groups (broad SMARTS) is 1. The van der Waals surface area contributed by atoms with Crippen LogP contribution in [0.4, 0.5) is 0 Å². The minimum atomic E-state index is -1.36. The Kier molecular flexibility index (Phi) is 2.51. The van der Waals surface area contributed by atoms with Crippen molar-refractivity contribution in [2.45, 2.75) is 13.8 Å². The predicted molar refractivity (Wildman–Crippen MR) is 45.7 cm³/mol. The molecule has 1 aromatic heterocycles. The third kappa shape index (κ3) is 1.56. The Hall–Kier alpha value is -1.91. The summed E-state index contributed by atoms with van der Waals surface area (Å²) in [4.78, 5) is 32.7. The van der Waals surface area contributed by atoms with Crippen molar-refractivity contribution in [1.29, 1.82) is 0 Å². The van der Waals surface area contributed by atoms with Crippen LogP contribution < -0.4 is 0 Å². The molecule has 0 saturated carbocycles. The molecule has 14 heavy (non-hydrogen) atoms. The van der Waals surface area contributed by atoms with Gasteiger partial charge in [-0.3, -0.25) is 9.59 Å². The molecule has 0 radical (unpaired) electrons. The van der Waals surface area contributed by atoms with E-state index in [-0.39, 0.29) is 11.1 Å². The van der Waals surface area contributed by atoms with Gasteiger partial charge in [0.1, 0.15) is 6.26 Å². The minimum Gasteiger partial charge on any atom is -0.475 e. The Morgan fingerprint density at radius 2 is 1.79 bits per heavy atom. The quantitative estimate of drug-likeness (QED) is 0.738. The summed E-state index contributed by atoms with van der Waals surface area (Å²) in [5.74, 6) is -2.74. The maximum Gasteiger partial charge on any atom is 0.372 e. The molecule has 1 rings (SSSR count). The molecule has 5 heteroatoms. The van der Waals surface area contributed by atoms with E-state index in [0.717, 1.165) is 6.26 Å². The fourth-order valence-corrected chi connectivity index (χ4v) is 1.12. The lowest BCUT2D eigenvalue weighted by molar-refractivity contribution is 0.0657. The van der Waals surface area contributed by atoms with Gasteiger partial charge >= 0.3 is 5.97 Å². The number of aromatic carboxylic acids is 1. The molecule has 0 aliphatic carbocycles. The molecular formula is C9H8O5. The molecule has 0 unspecified atom stereocenters. The Labute approximate surface area is 79.3 Å². The summed E-state index contributed by atoms with van der Waals surface area (Å²) >= 11 is 0. The Morgan fingerprint density at radius 3 is 2.14 bits per heavy atom. The average Bonchev–Trinajstić information content (AvgIpc) is 2.46. The molecule has 1 heterocycles. The molecule has 5 nitrogen and oxygen atoms in total. The lowest BCUT2D eigenvalue weighted by atomic mass is 10.0. The van der Waals surface area contributed by atoms with Crippen LogP contribution in [-0.4, -0.2) is 22.6 Å². The number of carboxylic acids is 1. The first-order chi connectivity index (χ1) is 6.45. The zero-order chi connectivity index (χ0) is 10.9. The third-order valence-corrected chi connectivity index (χ3v) is 1.72. The highest BCUT2D eigenvalue weighted by Gasteiger charge is 2.24. The van der Waals surface area contributed by atoms with Crippen LogP contribution in [0.3, 0.4) is 0 Å². The second-order valence-corrected chi connectivity index (χ2v) is 2.77. The highest BCUT2D eigenvalue weighted by Crippen LogP contribution is 2.18. The standard InChI is InChI=1S/C9H8O5/c1-4(10)6-3-14-8(9(12)13)7(6)5(2)11/h3H,1-2H3,(H,12,13). The largest absolute Gasteiger partial charge is 0.475 e. The van der Waals surface area contributed by atoms with Crippen LogP contribution in [0.15, 0.2) is 10.7 Å². The summed E-state index contributed by atoms with van der Waals surface area (Å²) in [5, 5.41) is 8.65. The predicted octanol–water partition coefficient (Wildman–Crippen LogP) is 1.38. The molecule has 0 saturated heterocycles. The summed E-state index contributed by atoms with van der Waals surface area (Å²) in [6, 6.07) is 0. The highest BCUT2D eigenvalue weighted by atomic mass is 16.4. The molecule has 0 amide bonds. The number of Topliss-reactive ketones (excluding diaryl/α,β-unsaturated/α-hetero) is 2. The molecule has 0 aromatic carbocycles. The van der Waals surface area contributed by atoms with Gasteiger partial charge in [0.05, 0.1) is 11.1 Å². The first-order valence-corrected chi connectivity index (χ1v) is 3.81. The topological polar surface area (TPSA) is 84.6 Å². The van der Waals surface area contributed by atoms with Crippen molar-refractivity contribution in [1.82, 2.24) is 0 Å². The van der Waals surface area contributed by atoms with Gasteiger partial charge in [0.2, 0.25) is 5.76 Å². The van der Waals surface area contributed by atoms with Crippen molar-refractivity contribution >= 4 is 17.5 Å². The fourth-order valence-electron chi connectivity index (χ4n) is 1.12. The van der Waals surface area contributed by atoms with Crippen molar-refractivity contribution in [2.24, 2.45) is 0 Å². The molecule has 0 atom stereocenters. The maximum atomic E-state index is 11.1. The molecule has 74 valence electrons. The van der Waals surface area contributed by atoms with Crippen LogP contribution in [0.5, 0.6) is 0 Å². The second-order valence-electron chi connectivity index (χ2n) is 2.77. The summed E-state index contributed by atoms with van der Waals surface area (Å²) in [6.07, 6.45) is 0.989. The number of furan rings is 1. The zero-order valence-corrected chi connectivity index (χ0v) is 7.66. The average molecular weight is 196 g/mol. The minimum absolute atomic E-state index is 0.00917. The lowest BCUT2D eigenvalue weighted by Crippen LogP contribution is -2.07. The van der Waals surface area contributed by atoms with Crippen LogP contribution in [0, 0.1) is 0 Å². The highest BCUT2D eigenvalue weighted by molar-refractivity contribution is 6.11. The van der Waals surface area contributed by atoms with Gasteiger partial charge in [-0.15, -0.1) is 0 Å².